The number of hydrogen-bond donors (Lipinski definition) is 1. The van der Waals surface area contributed by atoms with Gasteiger partial charge in [0.1, 0.15) is 0 Å². The Bertz CT molecular complexity index is 908. The highest BCUT2D eigenvalue weighted by Crippen LogP contribution is 2.20. The van der Waals surface area contributed by atoms with E-state index in [1.54, 1.807) is 0 Å². The molecule has 4 rings (SSSR count). The van der Waals surface area contributed by atoms with Gasteiger partial charge in [-0.25, -0.2) is 0 Å². The van der Waals surface area contributed by atoms with Crippen LogP contribution in [0.2, 0.25) is 0 Å². The molecule has 0 spiro atoms. The van der Waals surface area contributed by atoms with Crippen LogP contribution in [0.5, 0.6) is 0 Å². The molecule has 1 aliphatic heterocycles. The van der Waals surface area contributed by atoms with E-state index in [1.165, 1.54) is 11.1 Å². The summed E-state index contributed by atoms with van der Waals surface area (Å²) in [6, 6.07) is 29.0. The second kappa shape index (κ2) is 8.85. The van der Waals surface area contributed by atoms with Crippen molar-refractivity contribution in [3.8, 4) is 0 Å². The predicted octanol–water partition coefficient (Wildman–Crippen LogP) is 3.93. The summed E-state index contributed by atoms with van der Waals surface area (Å²) in [4.78, 5) is 15.6. The number of amides is 1. The zero-order chi connectivity index (χ0) is 19.2. The Balaban J connectivity index is 1.57. The standard InChI is InChI=1S/C25H26N2O/c28-25(24-14-8-7-13-22(24)17-20-9-3-1-4-10-20)27-16-15-26-19-23(27)18-21-11-5-2-6-12-21/h1-14,23,26H,15-19H2. The first-order valence-electron chi connectivity index (χ1n) is 9.99. The van der Waals surface area contributed by atoms with E-state index in [0.29, 0.717) is 0 Å². The summed E-state index contributed by atoms with van der Waals surface area (Å²) in [6.07, 6.45) is 1.65. The number of nitrogens with one attached hydrogen (secondary N) is 1. The van der Waals surface area contributed by atoms with Crippen molar-refractivity contribution < 1.29 is 4.79 Å². The molecule has 1 fully saturated rings. The van der Waals surface area contributed by atoms with Crippen molar-refractivity contribution in [2.75, 3.05) is 19.6 Å². The highest BCUT2D eigenvalue weighted by atomic mass is 16.2. The van der Waals surface area contributed by atoms with Crippen LogP contribution in [0, 0.1) is 0 Å². The first-order valence-corrected chi connectivity index (χ1v) is 9.99. The molecule has 1 unspecified atom stereocenters. The van der Waals surface area contributed by atoms with E-state index in [1.807, 2.05) is 42.5 Å². The number of rotatable bonds is 5. The lowest BCUT2D eigenvalue weighted by Gasteiger charge is -2.37. The Kier molecular flexibility index (Phi) is 5.83. The van der Waals surface area contributed by atoms with Crippen LogP contribution in [0.1, 0.15) is 27.0 Å². The second-order valence-electron chi connectivity index (χ2n) is 7.37. The number of benzene rings is 3. The van der Waals surface area contributed by atoms with E-state index in [4.69, 9.17) is 0 Å². The zero-order valence-corrected chi connectivity index (χ0v) is 16.1. The fraction of sp³-hybridized carbons (Fsp3) is 0.240. The smallest absolute Gasteiger partial charge is 0.254 e. The lowest BCUT2D eigenvalue weighted by Crippen LogP contribution is -2.54. The second-order valence-corrected chi connectivity index (χ2v) is 7.37. The maximum atomic E-state index is 13.5. The minimum atomic E-state index is 0.147. The van der Waals surface area contributed by atoms with E-state index in [-0.39, 0.29) is 11.9 Å². The molecule has 3 heteroatoms. The van der Waals surface area contributed by atoms with Gasteiger partial charge in [0.05, 0.1) is 0 Å². The van der Waals surface area contributed by atoms with Crippen LogP contribution < -0.4 is 5.32 Å². The lowest BCUT2D eigenvalue weighted by molar-refractivity contribution is 0.0635. The van der Waals surface area contributed by atoms with Crippen molar-refractivity contribution >= 4 is 5.91 Å². The molecule has 0 radical (unpaired) electrons. The molecule has 3 nitrogen and oxygen atoms in total. The fourth-order valence-corrected chi connectivity index (χ4v) is 3.95. The van der Waals surface area contributed by atoms with Gasteiger partial charge in [-0.15, -0.1) is 0 Å². The monoisotopic (exact) mass is 370 g/mol. The Morgan fingerprint density at radius 2 is 1.50 bits per heavy atom. The third-order valence-corrected chi connectivity index (χ3v) is 5.41. The molecule has 0 aromatic heterocycles. The third-order valence-electron chi connectivity index (χ3n) is 5.41. The van der Waals surface area contributed by atoms with Crippen LogP contribution in [0.4, 0.5) is 0 Å². The van der Waals surface area contributed by atoms with Crippen LogP contribution in [0.15, 0.2) is 84.9 Å². The Labute approximate surface area is 167 Å². The van der Waals surface area contributed by atoms with E-state index in [9.17, 15) is 4.79 Å². The molecule has 1 N–H and O–H groups in total. The van der Waals surface area contributed by atoms with Gasteiger partial charge in [0, 0.05) is 31.2 Å². The van der Waals surface area contributed by atoms with E-state index >= 15 is 0 Å². The summed E-state index contributed by atoms with van der Waals surface area (Å²) in [6.45, 7) is 2.43. The maximum absolute atomic E-state index is 13.5. The van der Waals surface area contributed by atoms with Crippen LogP contribution >= 0.6 is 0 Å². The lowest BCUT2D eigenvalue weighted by atomic mass is 9.97. The average molecular weight is 370 g/mol. The van der Waals surface area contributed by atoms with Gasteiger partial charge in [0.15, 0.2) is 0 Å². The summed E-state index contributed by atoms with van der Waals surface area (Å²) < 4.78 is 0. The first-order chi connectivity index (χ1) is 13.8. The molecule has 1 aliphatic rings. The van der Waals surface area contributed by atoms with Gasteiger partial charge in [0.2, 0.25) is 0 Å². The van der Waals surface area contributed by atoms with Gasteiger partial charge in [-0.3, -0.25) is 4.79 Å². The molecule has 1 amide bonds. The third kappa shape index (κ3) is 4.32. The van der Waals surface area contributed by atoms with E-state index in [2.05, 4.69) is 52.7 Å². The van der Waals surface area contributed by atoms with Crippen LogP contribution in [0.3, 0.4) is 0 Å². The number of carbonyl (C=O) groups is 1. The maximum Gasteiger partial charge on any atom is 0.254 e. The molecule has 1 saturated heterocycles. The largest absolute Gasteiger partial charge is 0.333 e. The molecular weight excluding hydrogens is 344 g/mol. The molecular formula is C25H26N2O. The van der Waals surface area contributed by atoms with Gasteiger partial charge in [-0.05, 0) is 35.6 Å². The summed E-state index contributed by atoms with van der Waals surface area (Å²) >= 11 is 0. The van der Waals surface area contributed by atoms with Gasteiger partial charge in [-0.1, -0.05) is 78.9 Å². The first kappa shape index (κ1) is 18.5. The number of nitrogens with zero attached hydrogens (tertiary/aromatic N) is 1. The molecule has 1 atom stereocenters. The molecule has 3 aromatic rings. The van der Waals surface area contributed by atoms with E-state index in [0.717, 1.165) is 43.6 Å². The van der Waals surface area contributed by atoms with Crippen molar-refractivity contribution in [3.63, 3.8) is 0 Å². The summed E-state index contributed by atoms with van der Waals surface area (Å²) in [7, 11) is 0. The Morgan fingerprint density at radius 3 is 2.25 bits per heavy atom. The minimum absolute atomic E-state index is 0.147. The number of hydrogen-bond acceptors (Lipinski definition) is 2. The van der Waals surface area contributed by atoms with Gasteiger partial charge < -0.3 is 10.2 Å². The average Bonchev–Trinajstić information content (AvgIpc) is 2.76. The highest BCUT2D eigenvalue weighted by Gasteiger charge is 2.28. The van der Waals surface area contributed by atoms with Gasteiger partial charge in [-0.2, -0.15) is 0 Å². The molecule has 28 heavy (non-hydrogen) atoms. The molecule has 1 heterocycles. The minimum Gasteiger partial charge on any atom is -0.333 e. The number of carbonyl (C=O) groups excluding carboxylic acids is 1. The molecule has 0 aliphatic carbocycles. The topological polar surface area (TPSA) is 32.3 Å². The van der Waals surface area contributed by atoms with Gasteiger partial charge >= 0.3 is 0 Å². The van der Waals surface area contributed by atoms with Gasteiger partial charge in [0.25, 0.3) is 5.91 Å². The molecule has 0 bridgehead atoms. The Hall–Kier alpha value is -2.91. The summed E-state index contributed by atoms with van der Waals surface area (Å²) in [5, 5.41) is 3.45. The zero-order valence-electron chi connectivity index (χ0n) is 16.1. The number of piperazine rings is 1. The summed E-state index contributed by atoms with van der Waals surface area (Å²) in [5.41, 5.74) is 4.41. The molecule has 3 aromatic carbocycles. The fourth-order valence-electron chi connectivity index (χ4n) is 3.95. The molecule has 142 valence electrons. The van der Waals surface area contributed by atoms with Crippen LogP contribution in [-0.2, 0) is 12.8 Å². The predicted molar refractivity (Wildman–Crippen MR) is 114 cm³/mol. The van der Waals surface area contributed by atoms with Crippen molar-refractivity contribution in [2.45, 2.75) is 18.9 Å². The molecule has 0 saturated carbocycles. The van der Waals surface area contributed by atoms with Crippen LogP contribution in [-0.4, -0.2) is 36.5 Å². The normalized spacial score (nSPS) is 16.7. The van der Waals surface area contributed by atoms with Crippen molar-refractivity contribution in [3.05, 3.63) is 107 Å². The SMILES string of the molecule is O=C(c1ccccc1Cc1ccccc1)N1CCNCC1Cc1ccccc1. The quantitative estimate of drug-likeness (QED) is 0.738. The highest BCUT2D eigenvalue weighted by molar-refractivity contribution is 5.96. The summed E-state index contributed by atoms with van der Waals surface area (Å²) in [5.74, 6) is 0.147. The van der Waals surface area contributed by atoms with Crippen molar-refractivity contribution in [2.24, 2.45) is 0 Å². The van der Waals surface area contributed by atoms with Crippen molar-refractivity contribution in [1.82, 2.24) is 10.2 Å². The van der Waals surface area contributed by atoms with Crippen molar-refractivity contribution in [1.29, 1.82) is 0 Å². The van der Waals surface area contributed by atoms with E-state index < -0.39 is 0 Å². The Morgan fingerprint density at radius 1 is 0.857 bits per heavy atom. The van der Waals surface area contributed by atoms with Crippen LogP contribution in [0.25, 0.3) is 0 Å².